The highest BCUT2D eigenvalue weighted by Gasteiger charge is 2.51. The van der Waals surface area contributed by atoms with Crippen LogP contribution in [0.2, 0.25) is 0 Å². The zero-order chi connectivity index (χ0) is 31.6. The molecule has 1 spiro atoms. The van der Waals surface area contributed by atoms with Crippen molar-refractivity contribution < 1.29 is 9.59 Å². The summed E-state index contributed by atoms with van der Waals surface area (Å²) in [7, 11) is 1.65. The highest BCUT2D eigenvalue weighted by atomic mass is 16.2. The monoisotopic (exact) mass is 609 g/mol. The maximum absolute atomic E-state index is 13.8. The largest absolute Gasteiger partial charge is 0.398 e. The minimum absolute atomic E-state index is 0.102. The lowest BCUT2D eigenvalue weighted by molar-refractivity contribution is -0.132. The molecule has 45 heavy (non-hydrogen) atoms. The Kier molecular flexibility index (Phi) is 8.71. The van der Waals surface area contributed by atoms with E-state index in [-0.39, 0.29) is 11.8 Å². The molecule has 11 nitrogen and oxygen atoms in total. The number of aliphatic imine (C=N–C) groups is 2. The second kappa shape index (κ2) is 12.8. The van der Waals surface area contributed by atoms with Gasteiger partial charge in [-0.1, -0.05) is 30.3 Å². The van der Waals surface area contributed by atoms with Gasteiger partial charge in [-0.2, -0.15) is 0 Å². The molecule has 0 aliphatic carbocycles. The zero-order valence-corrected chi connectivity index (χ0v) is 26.0. The fourth-order valence-electron chi connectivity index (χ4n) is 7.07. The van der Waals surface area contributed by atoms with Gasteiger partial charge in [-0.05, 0) is 68.0 Å². The lowest BCUT2D eigenvalue weighted by Crippen LogP contribution is -2.43. The molecule has 2 aromatic rings. The second-order valence-corrected chi connectivity index (χ2v) is 12.5. The molecule has 5 N–H and O–H groups in total. The molecule has 1 atom stereocenters. The Morgan fingerprint density at radius 1 is 1.02 bits per heavy atom. The standard InChI is InChI=1S/C34H43N9O2/c1-38-23-39-31(36)26-6-4-24(5-7-26)25-10-16-41(17-11-25)30(44)21-40-18-12-34(22-40)13-19-43(33(34)45)27-8-9-29(35)28(20-27)32(37)42-14-2-3-15-42/h4-10,20,23,37H,2-3,11-19,21-22,35H2,1H3,(H2,36,38,39)/t34-/m0/s1. The Labute approximate surface area is 264 Å². The lowest BCUT2D eigenvalue weighted by Gasteiger charge is -2.29. The van der Waals surface area contributed by atoms with Crippen LogP contribution >= 0.6 is 0 Å². The third-order valence-corrected chi connectivity index (χ3v) is 9.76. The van der Waals surface area contributed by atoms with Crippen LogP contribution < -0.4 is 16.4 Å². The molecule has 0 saturated carbocycles. The molecule has 3 fully saturated rings. The number of carbonyl (C=O) groups excluding carboxylic acids is 2. The molecular formula is C34H43N9O2. The Balaban J connectivity index is 1.04. The van der Waals surface area contributed by atoms with Crippen LogP contribution in [0, 0.1) is 10.8 Å². The number of nitrogen functional groups attached to an aromatic ring is 1. The normalized spacial score (nSPS) is 22.7. The van der Waals surface area contributed by atoms with Crippen molar-refractivity contribution in [2.75, 3.05) is 70.0 Å². The van der Waals surface area contributed by atoms with E-state index in [0.717, 1.165) is 68.6 Å². The molecule has 2 amide bonds. The number of carbonyl (C=O) groups is 2. The lowest BCUT2D eigenvalue weighted by atomic mass is 9.85. The van der Waals surface area contributed by atoms with E-state index >= 15 is 0 Å². The van der Waals surface area contributed by atoms with E-state index in [1.54, 1.807) is 7.05 Å². The SMILES string of the molecule is CN=CN=C(N)c1ccc(C2=CCN(C(=O)CN3CC[C@]4(CCN(c5ccc(N)c(C(=N)N6CCCC6)c5)C4=O)C3)CC2)cc1. The first-order valence-electron chi connectivity index (χ1n) is 15.9. The Hall–Kier alpha value is -4.51. The quantitative estimate of drug-likeness (QED) is 0.250. The molecule has 2 aromatic carbocycles. The molecule has 4 heterocycles. The average Bonchev–Trinajstić information content (AvgIpc) is 3.82. The number of amidine groups is 2. The maximum Gasteiger partial charge on any atom is 0.237 e. The molecule has 236 valence electrons. The third-order valence-electron chi connectivity index (χ3n) is 9.76. The topological polar surface area (TPSA) is 148 Å². The molecule has 0 unspecified atom stereocenters. The van der Waals surface area contributed by atoms with Crippen molar-refractivity contribution in [3.8, 4) is 0 Å². The van der Waals surface area contributed by atoms with Crippen molar-refractivity contribution in [3.63, 3.8) is 0 Å². The first-order valence-corrected chi connectivity index (χ1v) is 15.9. The van der Waals surface area contributed by atoms with E-state index in [1.165, 1.54) is 11.9 Å². The first kappa shape index (κ1) is 30.5. The van der Waals surface area contributed by atoms with Gasteiger partial charge in [-0.25, -0.2) is 4.99 Å². The summed E-state index contributed by atoms with van der Waals surface area (Å²) in [5.74, 6) is 1.07. The van der Waals surface area contributed by atoms with Crippen LogP contribution in [0.25, 0.3) is 5.57 Å². The molecule has 0 bridgehead atoms. The predicted octanol–water partition coefficient (Wildman–Crippen LogP) is 2.80. The van der Waals surface area contributed by atoms with Crippen LogP contribution in [0.4, 0.5) is 11.4 Å². The van der Waals surface area contributed by atoms with E-state index in [9.17, 15) is 9.59 Å². The molecule has 11 heteroatoms. The zero-order valence-electron chi connectivity index (χ0n) is 26.0. The summed E-state index contributed by atoms with van der Waals surface area (Å²) in [4.78, 5) is 43.1. The molecular weight excluding hydrogens is 566 g/mol. The minimum atomic E-state index is -0.469. The summed E-state index contributed by atoms with van der Waals surface area (Å²) in [6, 6.07) is 13.6. The van der Waals surface area contributed by atoms with E-state index in [4.69, 9.17) is 16.9 Å². The molecule has 3 saturated heterocycles. The summed E-state index contributed by atoms with van der Waals surface area (Å²) in [6.45, 7) is 5.26. The number of hydrogen-bond donors (Lipinski definition) is 3. The van der Waals surface area contributed by atoms with Gasteiger partial charge in [0.05, 0.1) is 12.0 Å². The van der Waals surface area contributed by atoms with Crippen molar-refractivity contribution in [2.24, 2.45) is 21.1 Å². The summed E-state index contributed by atoms with van der Waals surface area (Å²) < 4.78 is 0. The molecule has 4 aliphatic rings. The molecule has 6 rings (SSSR count). The Morgan fingerprint density at radius 3 is 2.49 bits per heavy atom. The van der Waals surface area contributed by atoms with Gasteiger partial charge in [0.2, 0.25) is 11.8 Å². The summed E-state index contributed by atoms with van der Waals surface area (Å²) >= 11 is 0. The van der Waals surface area contributed by atoms with Crippen molar-refractivity contribution in [1.82, 2.24) is 14.7 Å². The molecule has 4 aliphatic heterocycles. The van der Waals surface area contributed by atoms with Gasteiger partial charge in [0.1, 0.15) is 18.0 Å². The second-order valence-electron chi connectivity index (χ2n) is 12.5. The first-order chi connectivity index (χ1) is 21.8. The summed E-state index contributed by atoms with van der Waals surface area (Å²) in [6.07, 6.45) is 8.03. The predicted molar refractivity (Wildman–Crippen MR) is 180 cm³/mol. The van der Waals surface area contributed by atoms with Gasteiger partial charge in [0, 0.05) is 68.8 Å². The fourth-order valence-corrected chi connectivity index (χ4v) is 7.07. The van der Waals surface area contributed by atoms with Gasteiger partial charge >= 0.3 is 0 Å². The van der Waals surface area contributed by atoms with Gasteiger partial charge in [0.15, 0.2) is 0 Å². The number of nitrogens with one attached hydrogen (secondary N) is 1. The third kappa shape index (κ3) is 6.22. The maximum atomic E-state index is 13.8. The number of benzene rings is 2. The number of hydrogen-bond acceptors (Lipinski definition) is 6. The van der Waals surface area contributed by atoms with Crippen LogP contribution in [-0.4, -0.2) is 104 Å². The number of nitrogens with zero attached hydrogens (tertiary/aromatic N) is 6. The highest BCUT2D eigenvalue weighted by Crippen LogP contribution is 2.43. The van der Waals surface area contributed by atoms with E-state index in [2.05, 4.69) is 25.9 Å². The molecule has 0 aromatic heterocycles. The van der Waals surface area contributed by atoms with Crippen molar-refractivity contribution in [2.45, 2.75) is 32.1 Å². The number of likely N-dealkylation sites (tertiary alicyclic amines) is 2. The van der Waals surface area contributed by atoms with E-state index in [0.29, 0.717) is 55.6 Å². The van der Waals surface area contributed by atoms with Crippen molar-refractivity contribution in [3.05, 3.63) is 65.2 Å². The number of anilines is 2. The van der Waals surface area contributed by atoms with Gasteiger partial charge < -0.3 is 26.2 Å². The Morgan fingerprint density at radius 2 is 1.78 bits per heavy atom. The molecule has 0 radical (unpaired) electrons. The summed E-state index contributed by atoms with van der Waals surface area (Å²) in [5, 5.41) is 8.70. The van der Waals surface area contributed by atoms with Gasteiger partial charge in [-0.15, -0.1) is 0 Å². The Bertz CT molecular complexity index is 1560. The fraction of sp³-hybridized carbons (Fsp3) is 0.441. The van der Waals surface area contributed by atoms with Gasteiger partial charge in [-0.3, -0.25) is 24.9 Å². The van der Waals surface area contributed by atoms with Crippen LogP contribution in [0.15, 0.2) is 58.5 Å². The van der Waals surface area contributed by atoms with E-state index in [1.807, 2.05) is 52.3 Å². The minimum Gasteiger partial charge on any atom is -0.398 e. The van der Waals surface area contributed by atoms with Crippen molar-refractivity contribution in [1.29, 1.82) is 5.41 Å². The number of rotatable bonds is 7. The van der Waals surface area contributed by atoms with E-state index < -0.39 is 5.41 Å². The van der Waals surface area contributed by atoms with Crippen LogP contribution in [-0.2, 0) is 9.59 Å². The van der Waals surface area contributed by atoms with Crippen molar-refractivity contribution >= 4 is 46.8 Å². The van der Waals surface area contributed by atoms with Crippen LogP contribution in [0.3, 0.4) is 0 Å². The van der Waals surface area contributed by atoms with Crippen LogP contribution in [0.5, 0.6) is 0 Å². The van der Waals surface area contributed by atoms with Crippen LogP contribution in [0.1, 0.15) is 48.8 Å². The smallest absolute Gasteiger partial charge is 0.237 e. The summed E-state index contributed by atoms with van der Waals surface area (Å²) in [5.41, 5.74) is 17.0. The number of nitrogens with two attached hydrogens (primary N) is 2. The highest BCUT2D eigenvalue weighted by molar-refractivity contribution is 6.05. The van der Waals surface area contributed by atoms with Gasteiger partial charge in [0.25, 0.3) is 0 Å². The number of amides is 2. The average molecular weight is 610 g/mol.